The zero-order chi connectivity index (χ0) is 23.3. The number of carbonyl (C=O) groups is 1. The second-order valence-corrected chi connectivity index (χ2v) is 10.3. The summed E-state index contributed by atoms with van der Waals surface area (Å²) in [5.74, 6) is 2.01. The summed E-state index contributed by atoms with van der Waals surface area (Å²) in [6.07, 6.45) is 10.1. The van der Waals surface area contributed by atoms with Gasteiger partial charge >= 0.3 is 0 Å². The number of benzene rings is 1. The predicted octanol–water partition coefficient (Wildman–Crippen LogP) is 4.76. The number of fused-ring (bicyclic) bond motifs is 1. The first-order valence-electron chi connectivity index (χ1n) is 12.4. The highest BCUT2D eigenvalue weighted by molar-refractivity contribution is 7.99. The van der Waals surface area contributed by atoms with E-state index in [-0.39, 0.29) is 11.9 Å². The summed E-state index contributed by atoms with van der Waals surface area (Å²) in [6, 6.07) is 10.5. The smallest absolute Gasteiger partial charge is 0.230 e. The van der Waals surface area contributed by atoms with E-state index in [1.807, 2.05) is 12.1 Å². The molecule has 2 aliphatic rings. The molecule has 2 aromatic heterocycles. The van der Waals surface area contributed by atoms with Crippen LogP contribution in [0.25, 0.3) is 0 Å². The number of amides is 1. The van der Waals surface area contributed by atoms with Crippen molar-refractivity contribution in [3.8, 4) is 0 Å². The van der Waals surface area contributed by atoms with Crippen molar-refractivity contribution < 1.29 is 9.21 Å². The summed E-state index contributed by atoms with van der Waals surface area (Å²) < 4.78 is 7.67. The van der Waals surface area contributed by atoms with E-state index in [2.05, 4.69) is 50.1 Å². The van der Waals surface area contributed by atoms with Gasteiger partial charge in [-0.25, -0.2) is 0 Å². The SMILES string of the molecule is CC(NC(=O)CSc1nnc(N2CCCCC2)n1Cc1ccco1)c1ccc2c(c1)CCCC2. The average molecular weight is 480 g/mol. The van der Waals surface area contributed by atoms with Crippen LogP contribution in [-0.2, 0) is 24.2 Å². The third-order valence-corrected chi connectivity index (χ3v) is 7.78. The van der Waals surface area contributed by atoms with Crippen molar-refractivity contribution in [2.75, 3.05) is 23.7 Å². The van der Waals surface area contributed by atoms with Gasteiger partial charge in [0, 0.05) is 13.1 Å². The van der Waals surface area contributed by atoms with Crippen molar-refractivity contribution in [2.24, 2.45) is 0 Å². The van der Waals surface area contributed by atoms with Gasteiger partial charge in [-0.05, 0) is 80.7 Å². The lowest BCUT2D eigenvalue weighted by atomic mass is 9.89. The molecule has 1 amide bonds. The maximum Gasteiger partial charge on any atom is 0.230 e. The van der Waals surface area contributed by atoms with Crippen LogP contribution in [0.15, 0.2) is 46.2 Å². The number of furan rings is 1. The lowest BCUT2D eigenvalue weighted by Gasteiger charge is -2.27. The van der Waals surface area contributed by atoms with E-state index < -0.39 is 0 Å². The number of nitrogens with zero attached hydrogens (tertiary/aromatic N) is 4. The van der Waals surface area contributed by atoms with Crippen molar-refractivity contribution >= 4 is 23.6 Å². The van der Waals surface area contributed by atoms with Crippen molar-refractivity contribution in [1.29, 1.82) is 0 Å². The lowest BCUT2D eigenvalue weighted by molar-refractivity contribution is -0.119. The molecule has 7 nitrogen and oxygen atoms in total. The van der Waals surface area contributed by atoms with Gasteiger partial charge < -0.3 is 14.6 Å². The Bertz CT molecular complexity index is 1100. The Hall–Kier alpha value is -2.74. The van der Waals surface area contributed by atoms with Gasteiger partial charge in [-0.2, -0.15) is 0 Å². The highest BCUT2D eigenvalue weighted by atomic mass is 32.2. The van der Waals surface area contributed by atoms with Crippen LogP contribution in [0.3, 0.4) is 0 Å². The first kappa shape index (κ1) is 23.0. The first-order valence-corrected chi connectivity index (χ1v) is 13.4. The number of nitrogens with one attached hydrogen (secondary N) is 1. The molecule has 0 bridgehead atoms. The highest BCUT2D eigenvalue weighted by Gasteiger charge is 2.22. The molecule has 0 radical (unpaired) electrons. The third kappa shape index (κ3) is 5.32. The monoisotopic (exact) mass is 479 g/mol. The largest absolute Gasteiger partial charge is 0.467 e. The fourth-order valence-electron chi connectivity index (χ4n) is 4.93. The summed E-state index contributed by atoms with van der Waals surface area (Å²) >= 11 is 1.43. The van der Waals surface area contributed by atoms with Crippen LogP contribution in [0.2, 0.25) is 0 Å². The number of piperidine rings is 1. The summed E-state index contributed by atoms with van der Waals surface area (Å²) in [6.45, 7) is 4.59. The fourth-order valence-corrected chi connectivity index (χ4v) is 5.68. The van der Waals surface area contributed by atoms with Crippen LogP contribution in [0.1, 0.15) is 67.5 Å². The van der Waals surface area contributed by atoms with Crippen molar-refractivity contribution in [2.45, 2.75) is 69.6 Å². The van der Waals surface area contributed by atoms with Crippen molar-refractivity contribution in [3.05, 3.63) is 59.0 Å². The van der Waals surface area contributed by atoms with Crippen LogP contribution in [0.5, 0.6) is 0 Å². The minimum atomic E-state index is -0.0229. The number of hydrogen-bond donors (Lipinski definition) is 1. The van der Waals surface area contributed by atoms with Crippen LogP contribution in [0.4, 0.5) is 5.95 Å². The summed E-state index contributed by atoms with van der Waals surface area (Å²) in [5.41, 5.74) is 4.08. The second kappa shape index (κ2) is 10.7. The maximum atomic E-state index is 12.8. The van der Waals surface area contributed by atoms with Gasteiger partial charge in [-0.3, -0.25) is 9.36 Å². The van der Waals surface area contributed by atoms with Crippen molar-refractivity contribution in [1.82, 2.24) is 20.1 Å². The molecule has 34 heavy (non-hydrogen) atoms. The van der Waals surface area contributed by atoms with Crippen LogP contribution < -0.4 is 10.2 Å². The maximum absolute atomic E-state index is 12.8. The number of thioether (sulfide) groups is 1. The van der Waals surface area contributed by atoms with Crippen LogP contribution in [-0.4, -0.2) is 39.5 Å². The molecule has 1 aromatic carbocycles. The van der Waals surface area contributed by atoms with Crippen LogP contribution in [0, 0.1) is 0 Å². The molecule has 1 saturated heterocycles. The standard InChI is InChI=1S/C26H33N5O2S/c1-19(21-12-11-20-8-3-4-9-22(20)16-21)27-24(32)18-34-26-29-28-25(30-13-5-2-6-14-30)31(26)17-23-10-7-15-33-23/h7,10-12,15-16,19H,2-6,8-9,13-14,17-18H2,1H3,(H,27,32). The quantitative estimate of drug-likeness (QED) is 0.470. The normalized spacial score (nSPS) is 16.8. The molecule has 0 spiro atoms. The molecule has 1 fully saturated rings. The minimum absolute atomic E-state index is 0.00212. The van der Waals surface area contributed by atoms with Gasteiger partial charge in [-0.1, -0.05) is 30.0 Å². The Balaban J connectivity index is 1.24. The molecule has 1 N–H and O–H groups in total. The Morgan fingerprint density at radius 2 is 1.91 bits per heavy atom. The molecule has 1 aliphatic heterocycles. The molecule has 8 heteroatoms. The van der Waals surface area contributed by atoms with E-state index in [0.717, 1.165) is 36.4 Å². The summed E-state index contributed by atoms with van der Waals surface area (Å²) in [5, 5.41) is 12.8. The van der Waals surface area contributed by atoms with E-state index in [1.54, 1.807) is 6.26 Å². The molecular weight excluding hydrogens is 446 g/mol. The van der Waals surface area contributed by atoms with Gasteiger partial charge in [0.05, 0.1) is 24.6 Å². The minimum Gasteiger partial charge on any atom is -0.467 e. The molecule has 5 rings (SSSR count). The van der Waals surface area contributed by atoms with Gasteiger partial charge in [0.1, 0.15) is 5.76 Å². The molecule has 0 saturated carbocycles. The Kier molecular flexibility index (Phi) is 7.23. The van der Waals surface area contributed by atoms with Gasteiger partial charge in [0.25, 0.3) is 0 Å². The topological polar surface area (TPSA) is 76.2 Å². The van der Waals surface area contributed by atoms with E-state index in [1.165, 1.54) is 67.0 Å². The molecular formula is C26H33N5O2S. The predicted molar refractivity (Wildman–Crippen MR) is 134 cm³/mol. The summed E-state index contributed by atoms with van der Waals surface area (Å²) in [4.78, 5) is 15.1. The van der Waals surface area contributed by atoms with Gasteiger partial charge in [0.15, 0.2) is 5.16 Å². The Labute approximate surface area is 205 Å². The number of hydrogen-bond acceptors (Lipinski definition) is 6. The molecule has 1 atom stereocenters. The average Bonchev–Trinajstić information content (AvgIpc) is 3.53. The van der Waals surface area contributed by atoms with Crippen LogP contribution >= 0.6 is 11.8 Å². The molecule has 180 valence electrons. The van der Waals surface area contributed by atoms with E-state index in [9.17, 15) is 4.79 Å². The zero-order valence-electron chi connectivity index (χ0n) is 19.8. The van der Waals surface area contributed by atoms with Gasteiger partial charge in [-0.15, -0.1) is 10.2 Å². The number of aryl methyl sites for hydroxylation is 2. The number of aromatic nitrogens is 3. The Morgan fingerprint density at radius 1 is 1.09 bits per heavy atom. The number of carbonyl (C=O) groups excluding carboxylic acids is 1. The zero-order valence-corrected chi connectivity index (χ0v) is 20.6. The van der Waals surface area contributed by atoms with E-state index in [4.69, 9.17) is 4.42 Å². The number of rotatable bonds is 8. The highest BCUT2D eigenvalue weighted by Crippen LogP contribution is 2.27. The third-order valence-electron chi connectivity index (χ3n) is 6.81. The molecule has 1 aliphatic carbocycles. The molecule has 3 aromatic rings. The first-order chi connectivity index (χ1) is 16.7. The molecule has 1 unspecified atom stereocenters. The fraction of sp³-hybridized carbons (Fsp3) is 0.500. The lowest BCUT2D eigenvalue weighted by Crippen LogP contribution is -2.32. The van der Waals surface area contributed by atoms with Crippen molar-refractivity contribution in [3.63, 3.8) is 0 Å². The summed E-state index contributed by atoms with van der Waals surface area (Å²) in [7, 11) is 0. The second-order valence-electron chi connectivity index (χ2n) is 9.31. The number of anilines is 1. The molecule has 3 heterocycles. The Morgan fingerprint density at radius 3 is 2.71 bits per heavy atom. The van der Waals surface area contributed by atoms with E-state index in [0.29, 0.717) is 12.3 Å². The van der Waals surface area contributed by atoms with E-state index >= 15 is 0 Å². The van der Waals surface area contributed by atoms with Gasteiger partial charge in [0.2, 0.25) is 11.9 Å².